The summed E-state index contributed by atoms with van der Waals surface area (Å²) in [6.45, 7) is 1.81. The zero-order valence-corrected chi connectivity index (χ0v) is 14.5. The molecular formula is C20H16FNO5. The van der Waals surface area contributed by atoms with Gasteiger partial charge in [0.15, 0.2) is 12.5 Å². The molecule has 7 heteroatoms. The van der Waals surface area contributed by atoms with E-state index in [9.17, 15) is 9.18 Å². The van der Waals surface area contributed by atoms with Crippen molar-refractivity contribution in [2.45, 2.75) is 20.1 Å². The first kappa shape index (κ1) is 17.2. The Labute approximate surface area is 154 Å². The number of oxazole rings is 1. The molecule has 27 heavy (non-hydrogen) atoms. The van der Waals surface area contributed by atoms with Gasteiger partial charge >= 0.3 is 5.97 Å². The molecule has 6 nitrogen and oxygen atoms in total. The average molecular weight is 369 g/mol. The van der Waals surface area contributed by atoms with Crippen molar-refractivity contribution >= 4 is 5.97 Å². The van der Waals surface area contributed by atoms with Crippen molar-refractivity contribution in [3.63, 3.8) is 0 Å². The molecule has 0 aliphatic carbocycles. The van der Waals surface area contributed by atoms with Gasteiger partial charge in [0.25, 0.3) is 0 Å². The number of benzene rings is 2. The topological polar surface area (TPSA) is 70.8 Å². The fourth-order valence-corrected chi connectivity index (χ4v) is 2.87. The highest BCUT2D eigenvalue weighted by Gasteiger charge is 2.22. The molecule has 0 spiro atoms. The monoisotopic (exact) mass is 369 g/mol. The van der Waals surface area contributed by atoms with Gasteiger partial charge in [0.1, 0.15) is 23.9 Å². The van der Waals surface area contributed by atoms with Gasteiger partial charge in [0, 0.05) is 16.7 Å². The zero-order valence-electron chi connectivity index (χ0n) is 14.5. The van der Waals surface area contributed by atoms with E-state index in [4.69, 9.17) is 18.6 Å². The summed E-state index contributed by atoms with van der Waals surface area (Å²) in [6, 6.07) is 11.9. The molecule has 0 fully saturated rings. The second kappa shape index (κ2) is 7.20. The van der Waals surface area contributed by atoms with E-state index in [1.165, 1.54) is 12.1 Å². The summed E-state index contributed by atoms with van der Waals surface area (Å²) in [5.74, 6) is 0.0760. The zero-order chi connectivity index (χ0) is 18.8. The van der Waals surface area contributed by atoms with Gasteiger partial charge in [-0.15, -0.1) is 0 Å². The minimum Gasteiger partial charge on any atom is -0.467 e. The first-order chi connectivity index (χ1) is 13.1. The Kier molecular flexibility index (Phi) is 4.60. The molecule has 0 bridgehead atoms. The number of carbonyl (C=O) groups is 1. The molecule has 3 aromatic rings. The smallest absolute Gasteiger partial charge is 0.360 e. The summed E-state index contributed by atoms with van der Waals surface area (Å²) >= 11 is 0. The van der Waals surface area contributed by atoms with Crippen LogP contribution in [0.1, 0.15) is 27.4 Å². The van der Waals surface area contributed by atoms with E-state index < -0.39 is 11.8 Å². The lowest BCUT2D eigenvalue weighted by atomic mass is 10.1. The van der Waals surface area contributed by atoms with E-state index in [0.29, 0.717) is 28.5 Å². The lowest BCUT2D eigenvalue weighted by Crippen LogP contribution is -2.15. The number of hydrogen-bond donors (Lipinski definition) is 0. The summed E-state index contributed by atoms with van der Waals surface area (Å²) in [5, 5.41) is 0. The largest absolute Gasteiger partial charge is 0.467 e. The van der Waals surface area contributed by atoms with Gasteiger partial charge in [-0.05, 0) is 31.2 Å². The van der Waals surface area contributed by atoms with Crippen LogP contribution in [0, 0.1) is 12.7 Å². The second-order valence-electron chi connectivity index (χ2n) is 6.03. The predicted octanol–water partition coefficient (Wildman–Crippen LogP) is 4.01. The first-order valence-corrected chi connectivity index (χ1v) is 8.33. The normalized spacial score (nSPS) is 13.0. The number of carbonyl (C=O) groups excluding carboxylic acids is 1. The molecule has 0 radical (unpaired) electrons. The van der Waals surface area contributed by atoms with Gasteiger partial charge in [-0.3, -0.25) is 0 Å². The lowest BCUT2D eigenvalue weighted by molar-refractivity contribution is -0.0183. The van der Waals surface area contributed by atoms with Crippen LogP contribution in [-0.2, 0) is 22.7 Å². The predicted molar refractivity (Wildman–Crippen MR) is 92.5 cm³/mol. The SMILES string of the molecule is Cc1oc(-c2ccccc2)nc1C(=O)OCc1cc(F)cc2c1OCOC2. The summed E-state index contributed by atoms with van der Waals surface area (Å²) < 4.78 is 35.2. The second-order valence-corrected chi connectivity index (χ2v) is 6.03. The molecule has 4 rings (SSSR count). The molecular weight excluding hydrogens is 353 g/mol. The quantitative estimate of drug-likeness (QED) is 0.647. The van der Waals surface area contributed by atoms with Crippen LogP contribution in [0.5, 0.6) is 5.75 Å². The standard InChI is InChI=1S/C20H16FNO5/c1-12-17(22-19(27-12)13-5-3-2-4-6-13)20(23)25-10-15-8-16(21)7-14-9-24-11-26-18(14)15/h2-8H,9-11H2,1H3. The Bertz CT molecular complexity index is 984. The summed E-state index contributed by atoms with van der Waals surface area (Å²) in [7, 11) is 0. The molecule has 0 amide bonds. The van der Waals surface area contributed by atoms with Crippen LogP contribution in [0.2, 0.25) is 0 Å². The maximum Gasteiger partial charge on any atom is 0.360 e. The Morgan fingerprint density at radius 3 is 2.89 bits per heavy atom. The van der Waals surface area contributed by atoms with Crippen LogP contribution in [0.25, 0.3) is 11.5 Å². The maximum atomic E-state index is 13.8. The molecule has 1 aromatic heterocycles. The van der Waals surface area contributed by atoms with Gasteiger partial charge in [-0.25, -0.2) is 14.2 Å². The van der Waals surface area contributed by atoms with Crippen molar-refractivity contribution in [1.29, 1.82) is 0 Å². The van der Waals surface area contributed by atoms with Gasteiger partial charge in [0.05, 0.1) is 6.61 Å². The van der Waals surface area contributed by atoms with Gasteiger partial charge in [0.2, 0.25) is 5.89 Å². The summed E-state index contributed by atoms with van der Waals surface area (Å²) in [5.41, 5.74) is 1.86. The van der Waals surface area contributed by atoms with Gasteiger partial charge < -0.3 is 18.6 Å². The van der Waals surface area contributed by atoms with Gasteiger partial charge in [-0.1, -0.05) is 18.2 Å². The number of aryl methyl sites for hydroxylation is 1. The van der Waals surface area contributed by atoms with E-state index in [1.807, 2.05) is 30.3 Å². The third-order valence-corrected chi connectivity index (χ3v) is 4.12. The van der Waals surface area contributed by atoms with E-state index in [2.05, 4.69) is 4.98 Å². The number of ether oxygens (including phenoxy) is 3. The number of hydrogen-bond acceptors (Lipinski definition) is 6. The van der Waals surface area contributed by atoms with Crippen LogP contribution < -0.4 is 4.74 Å². The number of halogens is 1. The number of esters is 1. The first-order valence-electron chi connectivity index (χ1n) is 8.33. The van der Waals surface area contributed by atoms with Crippen LogP contribution in [0.15, 0.2) is 46.9 Å². The van der Waals surface area contributed by atoms with Crippen molar-refractivity contribution < 1.29 is 27.8 Å². The fourth-order valence-electron chi connectivity index (χ4n) is 2.87. The van der Waals surface area contributed by atoms with E-state index in [-0.39, 0.29) is 25.7 Å². The van der Waals surface area contributed by atoms with Crippen molar-refractivity contribution in [2.75, 3.05) is 6.79 Å². The molecule has 0 atom stereocenters. The summed E-state index contributed by atoms with van der Waals surface area (Å²) in [4.78, 5) is 16.7. The molecule has 1 aliphatic rings. The minimum absolute atomic E-state index is 0.0718. The number of aromatic nitrogens is 1. The van der Waals surface area contributed by atoms with E-state index in [1.54, 1.807) is 6.92 Å². The highest BCUT2D eigenvalue weighted by atomic mass is 19.1. The Balaban J connectivity index is 1.53. The molecule has 1 aliphatic heterocycles. The highest BCUT2D eigenvalue weighted by molar-refractivity contribution is 5.88. The molecule has 2 heterocycles. The molecule has 0 N–H and O–H groups in total. The number of fused-ring (bicyclic) bond motifs is 1. The third kappa shape index (κ3) is 3.54. The van der Waals surface area contributed by atoms with E-state index >= 15 is 0 Å². The molecule has 138 valence electrons. The number of rotatable bonds is 4. The fraction of sp³-hybridized carbons (Fsp3) is 0.200. The third-order valence-electron chi connectivity index (χ3n) is 4.12. The lowest BCUT2D eigenvalue weighted by Gasteiger charge is -2.20. The van der Waals surface area contributed by atoms with Crippen LogP contribution in [0.4, 0.5) is 4.39 Å². The van der Waals surface area contributed by atoms with Crippen molar-refractivity contribution in [3.05, 3.63) is 70.9 Å². The van der Waals surface area contributed by atoms with Gasteiger partial charge in [-0.2, -0.15) is 0 Å². The van der Waals surface area contributed by atoms with Crippen molar-refractivity contribution in [2.24, 2.45) is 0 Å². The molecule has 0 saturated heterocycles. The molecule has 2 aromatic carbocycles. The summed E-state index contributed by atoms with van der Waals surface area (Å²) in [6.07, 6.45) is 0. The van der Waals surface area contributed by atoms with E-state index in [0.717, 1.165) is 5.56 Å². The van der Waals surface area contributed by atoms with Crippen LogP contribution in [0.3, 0.4) is 0 Å². The van der Waals surface area contributed by atoms with Crippen LogP contribution in [-0.4, -0.2) is 17.7 Å². The average Bonchev–Trinajstić information content (AvgIpc) is 3.08. The Morgan fingerprint density at radius 2 is 2.07 bits per heavy atom. The minimum atomic E-state index is -0.650. The maximum absolute atomic E-state index is 13.8. The Hall–Kier alpha value is -3.19. The highest BCUT2D eigenvalue weighted by Crippen LogP contribution is 2.30. The molecule has 0 saturated carbocycles. The number of nitrogens with zero attached hydrogens (tertiary/aromatic N) is 1. The Morgan fingerprint density at radius 1 is 1.26 bits per heavy atom. The van der Waals surface area contributed by atoms with Crippen molar-refractivity contribution in [3.8, 4) is 17.2 Å². The van der Waals surface area contributed by atoms with Crippen molar-refractivity contribution in [1.82, 2.24) is 4.98 Å². The van der Waals surface area contributed by atoms with Crippen LogP contribution >= 0.6 is 0 Å². The molecule has 0 unspecified atom stereocenters.